The summed E-state index contributed by atoms with van der Waals surface area (Å²) in [6, 6.07) is 4.47. The Balaban J connectivity index is 2.24. The van der Waals surface area contributed by atoms with Crippen LogP contribution in [0.15, 0.2) is 23.1 Å². The zero-order valence-electron chi connectivity index (χ0n) is 11.5. The molecule has 1 aliphatic rings. The fourth-order valence-electron chi connectivity index (χ4n) is 2.12. The van der Waals surface area contributed by atoms with E-state index in [4.69, 9.17) is 0 Å². The molecule has 0 radical (unpaired) electrons. The van der Waals surface area contributed by atoms with Gasteiger partial charge in [0, 0.05) is 37.7 Å². The summed E-state index contributed by atoms with van der Waals surface area (Å²) in [5.41, 5.74) is 0.200. The Morgan fingerprint density at radius 2 is 2.19 bits per heavy atom. The molecule has 1 saturated heterocycles. The average Bonchev–Trinajstić information content (AvgIpc) is 2.70. The van der Waals surface area contributed by atoms with E-state index in [1.807, 2.05) is 0 Å². The Morgan fingerprint density at radius 3 is 2.86 bits per heavy atom. The standard InChI is InChI=1S/C13H15N3O4S/c1-21-11-3-2-9(8-10(11)16(19)20)13(18)15-6-4-12(17)14-5-7-15/h2-3,8H,4-7H2,1H3,(H,14,17). The Labute approximate surface area is 125 Å². The van der Waals surface area contributed by atoms with Crippen molar-refractivity contribution in [3.63, 3.8) is 0 Å². The maximum absolute atomic E-state index is 12.4. The van der Waals surface area contributed by atoms with Gasteiger partial charge in [0.15, 0.2) is 0 Å². The van der Waals surface area contributed by atoms with Crippen LogP contribution in [0.3, 0.4) is 0 Å². The lowest BCUT2D eigenvalue weighted by molar-refractivity contribution is -0.387. The zero-order valence-corrected chi connectivity index (χ0v) is 12.3. The highest BCUT2D eigenvalue weighted by Gasteiger charge is 2.22. The third-order valence-electron chi connectivity index (χ3n) is 3.22. The number of carbonyl (C=O) groups excluding carboxylic acids is 2. The second-order valence-corrected chi connectivity index (χ2v) is 5.38. The van der Waals surface area contributed by atoms with Gasteiger partial charge in [0.05, 0.1) is 9.82 Å². The van der Waals surface area contributed by atoms with Gasteiger partial charge in [-0.15, -0.1) is 11.8 Å². The monoisotopic (exact) mass is 309 g/mol. The number of nitro benzene ring substituents is 1. The molecule has 0 atom stereocenters. The predicted octanol–water partition coefficient (Wildman–Crippen LogP) is 1.28. The van der Waals surface area contributed by atoms with E-state index in [1.54, 1.807) is 18.4 Å². The van der Waals surface area contributed by atoms with Gasteiger partial charge in [-0.25, -0.2) is 0 Å². The minimum Gasteiger partial charge on any atom is -0.354 e. The van der Waals surface area contributed by atoms with E-state index in [1.165, 1.54) is 22.7 Å². The lowest BCUT2D eigenvalue weighted by atomic mass is 10.1. The number of rotatable bonds is 3. The smallest absolute Gasteiger partial charge is 0.283 e. The molecular weight excluding hydrogens is 294 g/mol. The van der Waals surface area contributed by atoms with Gasteiger partial charge in [0.1, 0.15) is 0 Å². The van der Waals surface area contributed by atoms with Crippen LogP contribution in [0.2, 0.25) is 0 Å². The molecular formula is C13H15N3O4S. The number of hydrogen-bond donors (Lipinski definition) is 1. The number of nitro groups is 1. The molecule has 112 valence electrons. The number of carbonyl (C=O) groups is 2. The summed E-state index contributed by atoms with van der Waals surface area (Å²) >= 11 is 1.26. The highest BCUT2D eigenvalue weighted by Crippen LogP contribution is 2.28. The van der Waals surface area contributed by atoms with Crippen LogP contribution >= 0.6 is 11.8 Å². The van der Waals surface area contributed by atoms with Crippen LogP contribution in [0.4, 0.5) is 5.69 Å². The van der Waals surface area contributed by atoms with Crippen LogP contribution in [0.25, 0.3) is 0 Å². The Bertz CT molecular complexity index is 591. The van der Waals surface area contributed by atoms with Crippen molar-refractivity contribution in [1.82, 2.24) is 10.2 Å². The minimum absolute atomic E-state index is 0.0719. The van der Waals surface area contributed by atoms with Gasteiger partial charge in [-0.05, 0) is 18.4 Å². The molecule has 7 nitrogen and oxygen atoms in total. The number of nitrogens with one attached hydrogen (secondary N) is 1. The van der Waals surface area contributed by atoms with Crippen molar-refractivity contribution in [1.29, 1.82) is 0 Å². The van der Waals surface area contributed by atoms with E-state index >= 15 is 0 Å². The van der Waals surface area contributed by atoms with E-state index in [-0.39, 0.29) is 29.5 Å². The Hall–Kier alpha value is -2.09. The van der Waals surface area contributed by atoms with Crippen molar-refractivity contribution in [2.24, 2.45) is 0 Å². The molecule has 0 spiro atoms. The number of hydrogen-bond acceptors (Lipinski definition) is 5. The van der Waals surface area contributed by atoms with Gasteiger partial charge in [-0.1, -0.05) is 0 Å². The summed E-state index contributed by atoms with van der Waals surface area (Å²) in [7, 11) is 0. The van der Waals surface area contributed by atoms with E-state index in [2.05, 4.69) is 5.32 Å². The molecule has 1 heterocycles. The molecule has 21 heavy (non-hydrogen) atoms. The zero-order chi connectivity index (χ0) is 15.4. The largest absolute Gasteiger partial charge is 0.354 e. The molecule has 0 bridgehead atoms. The van der Waals surface area contributed by atoms with E-state index < -0.39 is 4.92 Å². The summed E-state index contributed by atoms with van der Waals surface area (Å²) in [6.07, 6.45) is 1.99. The molecule has 1 N–H and O–H groups in total. The SMILES string of the molecule is CSc1ccc(C(=O)N2CCNC(=O)CC2)cc1[N+](=O)[O-]. The Morgan fingerprint density at radius 1 is 1.43 bits per heavy atom. The van der Waals surface area contributed by atoms with E-state index in [0.29, 0.717) is 24.5 Å². The Kier molecular flexibility index (Phi) is 4.79. The summed E-state index contributed by atoms with van der Waals surface area (Å²) in [5, 5.41) is 13.7. The lowest BCUT2D eigenvalue weighted by Crippen LogP contribution is -2.34. The first-order valence-corrected chi connectivity index (χ1v) is 7.64. The molecule has 0 aliphatic carbocycles. The molecule has 1 aromatic carbocycles. The highest BCUT2D eigenvalue weighted by molar-refractivity contribution is 7.98. The summed E-state index contributed by atoms with van der Waals surface area (Å²) in [6.45, 7) is 1.13. The molecule has 2 amide bonds. The van der Waals surface area contributed by atoms with E-state index in [0.717, 1.165) is 0 Å². The maximum Gasteiger partial charge on any atom is 0.283 e. The second-order valence-electron chi connectivity index (χ2n) is 4.54. The average molecular weight is 309 g/mol. The van der Waals surface area contributed by atoms with Crippen molar-refractivity contribution in [2.75, 3.05) is 25.9 Å². The van der Waals surface area contributed by atoms with Gasteiger partial charge < -0.3 is 10.2 Å². The molecule has 8 heteroatoms. The third kappa shape index (κ3) is 3.52. The number of benzene rings is 1. The maximum atomic E-state index is 12.4. The molecule has 1 fully saturated rings. The van der Waals surface area contributed by atoms with Gasteiger partial charge in [-0.3, -0.25) is 19.7 Å². The minimum atomic E-state index is -0.490. The van der Waals surface area contributed by atoms with Gasteiger partial charge in [0.25, 0.3) is 11.6 Å². The first kappa shape index (κ1) is 15.3. The molecule has 0 aromatic heterocycles. The normalized spacial score (nSPS) is 15.3. The van der Waals surface area contributed by atoms with Gasteiger partial charge in [0.2, 0.25) is 5.91 Å². The van der Waals surface area contributed by atoms with Gasteiger partial charge in [-0.2, -0.15) is 0 Å². The molecule has 1 aliphatic heterocycles. The van der Waals surface area contributed by atoms with Crippen LogP contribution in [0.5, 0.6) is 0 Å². The van der Waals surface area contributed by atoms with Crippen molar-refractivity contribution >= 4 is 29.3 Å². The first-order chi connectivity index (χ1) is 10.0. The second kappa shape index (κ2) is 6.57. The van der Waals surface area contributed by atoms with Crippen molar-refractivity contribution in [3.05, 3.63) is 33.9 Å². The first-order valence-electron chi connectivity index (χ1n) is 6.41. The quantitative estimate of drug-likeness (QED) is 0.516. The van der Waals surface area contributed by atoms with Crippen molar-refractivity contribution < 1.29 is 14.5 Å². The topological polar surface area (TPSA) is 92.6 Å². The van der Waals surface area contributed by atoms with Crippen LogP contribution in [0.1, 0.15) is 16.8 Å². The number of amides is 2. The van der Waals surface area contributed by atoms with Crippen molar-refractivity contribution in [2.45, 2.75) is 11.3 Å². The summed E-state index contributed by atoms with van der Waals surface area (Å²) < 4.78 is 0. The van der Waals surface area contributed by atoms with Gasteiger partial charge >= 0.3 is 0 Å². The predicted molar refractivity (Wildman–Crippen MR) is 78.4 cm³/mol. The fourth-order valence-corrected chi connectivity index (χ4v) is 2.67. The summed E-state index contributed by atoms with van der Waals surface area (Å²) in [5.74, 6) is -0.378. The highest BCUT2D eigenvalue weighted by atomic mass is 32.2. The number of nitrogens with zero attached hydrogens (tertiary/aromatic N) is 2. The van der Waals surface area contributed by atoms with E-state index in [9.17, 15) is 19.7 Å². The van der Waals surface area contributed by atoms with Crippen LogP contribution in [-0.4, -0.2) is 47.5 Å². The van der Waals surface area contributed by atoms with Crippen LogP contribution < -0.4 is 5.32 Å². The van der Waals surface area contributed by atoms with Crippen LogP contribution in [0, 0.1) is 10.1 Å². The molecule has 1 aromatic rings. The number of thioether (sulfide) groups is 1. The molecule has 0 unspecified atom stereocenters. The lowest BCUT2D eigenvalue weighted by Gasteiger charge is -2.19. The van der Waals surface area contributed by atoms with Crippen LogP contribution in [-0.2, 0) is 4.79 Å². The fraction of sp³-hybridized carbons (Fsp3) is 0.385. The third-order valence-corrected chi connectivity index (χ3v) is 4.01. The molecule has 2 rings (SSSR count). The van der Waals surface area contributed by atoms with Crippen molar-refractivity contribution in [3.8, 4) is 0 Å². The summed E-state index contributed by atoms with van der Waals surface area (Å²) in [4.78, 5) is 36.3. The molecule has 0 saturated carbocycles.